The van der Waals surface area contributed by atoms with Crippen molar-refractivity contribution in [2.45, 2.75) is 77.0 Å². The number of nitrogens with one attached hydrogen (secondary N) is 3. The molecule has 0 aliphatic carbocycles. The van der Waals surface area contributed by atoms with Crippen LogP contribution in [0, 0.1) is 0 Å². The predicted octanol–water partition coefficient (Wildman–Crippen LogP) is 2.96. The zero-order valence-electron chi connectivity index (χ0n) is 20.0. The molecular formula is C21H44IN5O3. The van der Waals surface area contributed by atoms with Crippen LogP contribution in [0.3, 0.4) is 0 Å². The second kappa shape index (κ2) is 14.3. The van der Waals surface area contributed by atoms with Gasteiger partial charge in [-0.15, -0.1) is 24.0 Å². The number of nitrogens with zero attached hydrogens (tertiary/aromatic N) is 2. The topological polar surface area (TPSA) is 87.2 Å². The van der Waals surface area contributed by atoms with Gasteiger partial charge in [0.05, 0.1) is 0 Å². The number of hydrogen-bond donors (Lipinski definition) is 3. The molecule has 0 bridgehead atoms. The Hall–Kier alpha value is -0.810. The summed E-state index contributed by atoms with van der Waals surface area (Å²) in [5, 5.41) is 9.84. The Labute approximate surface area is 200 Å². The Morgan fingerprint density at radius 1 is 1.23 bits per heavy atom. The normalized spacial score (nSPS) is 17.7. The maximum Gasteiger partial charge on any atom is 0.407 e. The van der Waals surface area contributed by atoms with Crippen LogP contribution >= 0.6 is 24.0 Å². The summed E-state index contributed by atoms with van der Waals surface area (Å²) in [7, 11) is 6.02. The van der Waals surface area contributed by atoms with Gasteiger partial charge in [-0.1, -0.05) is 19.8 Å². The number of unbranched alkanes of at least 4 members (excludes halogenated alkanes) is 1. The SMILES string of the molecule is CCCCC(CNC(=O)OC(C)(C)C)NC(=NC)NCC1(N(C)C)CCOCC1.I. The van der Waals surface area contributed by atoms with Gasteiger partial charge in [-0.3, -0.25) is 4.99 Å². The average molecular weight is 542 g/mol. The molecule has 1 rings (SSSR count). The average Bonchev–Trinajstić information content (AvgIpc) is 2.65. The Bertz CT molecular complexity index is 517. The van der Waals surface area contributed by atoms with Gasteiger partial charge in [0, 0.05) is 44.9 Å². The third-order valence-electron chi connectivity index (χ3n) is 5.32. The number of rotatable bonds is 9. The van der Waals surface area contributed by atoms with E-state index in [1.54, 1.807) is 7.05 Å². The number of carbonyl (C=O) groups is 1. The summed E-state index contributed by atoms with van der Waals surface area (Å²) in [4.78, 5) is 18.7. The van der Waals surface area contributed by atoms with Gasteiger partial charge in [-0.05, 0) is 54.1 Å². The van der Waals surface area contributed by atoms with Gasteiger partial charge in [0.15, 0.2) is 5.96 Å². The first kappa shape index (κ1) is 29.2. The number of hydrogen-bond acceptors (Lipinski definition) is 5. The standard InChI is InChI=1S/C21H43N5O3.HI/c1-8-9-10-17(15-23-19(27)29-20(2,3)4)25-18(22-5)24-16-21(26(6)7)11-13-28-14-12-21;/h17H,8-16H2,1-7H3,(H,23,27)(H2,22,24,25);1H. The van der Waals surface area contributed by atoms with Crippen LogP contribution < -0.4 is 16.0 Å². The molecular weight excluding hydrogens is 497 g/mol. The van der Waals surface area contributed by atoms with E-state index in [1.807, 2.05) is 20.8 Å². The molecule has 1 amide bonds. The molecule has 178 valence electrons. The first-order valence-corrected chi connectivity index (χ1v) is 10.8. The van der Waals surface area contributed by atoms with Crippen molar-refractivity contribution in [1.82, 2.24) is 20.9 Å². The summed E-state index contributed by atoms with van der Waals surface area (Å²) in [5.74, 6) is 0.754. The zero-order chi connectivity index (χ0) is 21.9. The van der Waals surface area contributed by atoms with Gasteiger partial charge in [-0.25, -0.2) is 4.79 Å². The smallest absolute Gasteiger partial charge is 0.407 e. The maximum atomic E-state index is 12.0. The minimum absolute atomic E-state index is 0. The van der Waals surface area contributed by atoms with Crippen LogP contribution in [-0.2, 0) is 9.47 Å². The quantitative estimate of drug-likeness (QED) is 0.237. The summed E-state index contributed by atoms with van der Waals surface area (Å²) in [6.07, 6.45) is 4.70. The minimum atomic E-state index is -0.502. The number of aliphatic imine (C=N–C) groups is 1. The van der Waals surface area contributed by atoms with Crippen LogP contribution in [-0.4, -0.2) is 81.6 Å². The predicted molar refractivity (Wildman–Crippen MR) is 134 cm³/mol. The molecule has 1 fully saturated rings. The molecule has 1 unspecified atom stereocenters. The van der Waals surface area contributed by atoms with E-state index in [9.17, 15) is 4.79 Å². The van der Waals surface area contributed by atoms with E-state index in [4.69, 9.17) is 9.47 Å². The van der Waals surface area contributed by atoms with Crippen molar-refractivity contribution in [3.63, 3.8) is 0 Å². The first-order valence-electron chi connectivity index (χ1n) is 10.8. The van der Waals surface area contributed by atoms with Crippen LogP contribution in [0.5, 0.6) is 0 Å². The van der Waals surface area contributed by atoms with Crippen molar-refractivity contribution in [1.29, 1.82) is 0 Å². The monoisotopic (exact) mass is 541 g/mol. The number of amides is 1. The van der Waals surface area contributed by atoms with E-state index >= 15 is 0 Å². The van der Waals surface area contributed by atoms with Gasteiger partial charge in [0.1, 0.15) is 5.60 Å². The lowest BCUT2D eigenvalue weighted by Gasteiger charge is -2.43. The highest BCUT2D eigenvalue weighted by Crippen LogP contribution is 2.25. The maximum absolute atomic E-state index is 12.0. The van der Waals surface area contributed by atoms with Gasteiger partial charge >= 0.3 is 6.09 Å². The number of alkyl carbamates (subject to hydrolysis) is 1. The molecule has 9 heteroatoms. The molecule has 0 aromatic heterocycles. The van der Waals surface area contributed by atoms with Crippen molar-refractivity contribution in [3.05, 3.63) is 0 Å². The highest BCUT2D eigenvalue weighted by molar-refractivity contribution is 14.0. The van der Waals surface area contributed by atoms with Crippen molar-refractivity contribution in [3.8, 4) is 0 Å². The molecule has 1 atom stereocenters. The molecule has 1 saturated heterocycles. The molecule has 1 aliphatic heterocycles. The molecule has 30 heavy (non-hydrogen) atoms. The Morgan fingerprint density at radius 2 is 1.87 bits per heavy atom. The Balaban J connectivity index is 0.00000841. The Morgan fingerprint density at radius 3 is 2.37 bits per heavy atom. The fourth-order valence-corrected chi connectivity index (χ4v) is 3.37. The van der Waals surface area contributed by atoms with Gasteiger partial charge in [0.2, 0.25) is 0 Å². The van der Waals surface area contributed by atoms with E-state index in [-0.39, 0.29) is 35.6 Å². The summed E-state index contributed by atoms with van der Waals surface area (Å²) >= 11 is 0. The van der Waals surface area contributed by atoms with Crippen molar-refractivity contribution >= 4 is 36.0 Å². The number of carbonyl (C=O) groups excluding carboxylic acids is 1. The summed E-state index contributed by atoms with van der Waals surface area (Å²) in [6.45, 7) is 10.6. The van der Waals surface area contributed by atoms with E-state index in [1.165, 1.54) is 0 Å². The van der Waals surface area contributed by atoms with E-state index in [0.717, 1.165) is 57.8 Å². The minimum Gasteiger partial charge on any atom is -0.444 e. The van der Waals surface area contributed by atoms with Gasteiger partial charge < -0.3 is 30.3 Å². The lowest BCUT2D eigenvalue weighted by Crippen LogP contribution is -2.58. The second-order valence-corrected chi connectivity index (χ2v) is 9.02. The first-order chi connectivity index (χ1) is 13.6. The molecule has 3 N–H and O–H groups in total. The molecule has 0 radical (unpaired) electrons. The van der Waals surface area contributed by atoms with Crippen LogP contribution in [0.15, 0.2) is 4.99 Å². The molecule has 0 aromatic carbocycles. The molecule has 8 nitrogen and oxygen atoms in total. The van der Waals surface area contributed by atoms with Crippen molar-refractivity contribution in [2.24, 2.45) is 4.99 Å². The number of halogens is 1. The highest BCUT2D eigenvalue weighted by atomic mass is 127. The van der Waals surface area contributed by atoms with Crippen molar-refractivity contribution < 1.29 is 14.3 Å². The zero-order valence-corrected chi connectivity index (χ0v) is 22.3. The Kier molecular flexibility index (Phi) is 13.9. The third-order valence-corrected chi connectivity index (χ3v) is 5.32. The lowest BCUT2D eigenvalue weighted by atomic mass is 9.88. The summed E-state index contributed by atoms with van der Waals surface area (Å²) in [5.41, 5.74) is -0.443. The fraction of sp³-hybridized carbons (Fsp3) is 0.905. The van der Waals surface area contributed by atoms with Crippen LogP contribution in [0.1, 0.15) is 59.8 Å². The van der Waals surface area contributed by atoms with Gasteiger partial charge in [-0.2, -0.15) is 0 Å². The van der Waals surface area contributed by atoms with Crippen molar-refractivity contribution in [2.75, 3.05) is 47.4 Å². The number of guanidine groups is 1. The van der Waals surface area contributed by atoms with E-state index in [0.29, 0.717) is 6.54 Å². The van der Waals surface area contributed by atoms with E-state index in [2.05, 4.69) is 46.9 Å². The number of likely N-dealkylation sites (N-methyl/N-ethyl adjacent to an activating group) is 1. The third kappa shape index (κ3) is 11.0. The van der Waals surface area contributed by atoms with Crippen LogP contribution in [0.25, 0.3) is 0 Å². The molecule has 0 spiro atoms. The molecule has 1 aliphatic rings. The highest BCUT2D eigenvalue weighted by Gasteiger charge is 2.35. The fourth-order valence-electron chi connectivity index (χ4n) is 3.37. The number of ether oxygens (including phenoxy) is 2. The summed E-state index contributed by atoms with van der Waals surface area (Å²) in [6, 6.07) is 0.0821. The molecule has 0 aromatic rings. The van der Waals surface area contributed by atoms with Crippen LogP contribution in [0.2, 0.25) is 0 Å². The molecule has 0 saturated carbocycles. The van der Waals surface area contributed by atoms with Gasteiger partial charge in [0.25, 0.3) is 0 Å². The summed E-state index contributed by atoms with van der Waals surface area (Å²) < 4.78 is 10.9. The largest absolute Gasteiger partial charge is 0.444 e. The van der Waals surface area contributed by atoms with E-state index < -0.39 is 11.7 Å². The molecule has 1 heterocycles. The lowest BCUT2D eigenvalue weighted by molar-refractivity contribution is -0.00503. The van der Waals surface area contributed by atoms with Crippen LogP contribution in [0.4, 0.5) is 4.79 Å². The second-order valence-electron chi connectivity index (χ2n) is 9.02.